The first-order valence-corrected chi connectivity index (χ1v) is 9.22. The number of Topliss-reactive ketones (excluding diaryl/α,β-unsaturated/α-hetero) is 1. The van der Waals surface area contributed by atoms with Crippen LogP contribution >= 0.6 is 0 Å². The SMILES string of the molecule is CC1C=CC=C1CCC(=O)C1C=C(c2ccco2)CC1C1=CC=CC1. The van der Waals surface area contributed by atoms with Gasteiger partial charge in [-0.1, -0.05) is 60.6 Å². The van der Waals surface area contributed by atoms with Crippen molar-refractivity contribution in [2.75, 3.05) is 0 Å². The second-order valence-electron chi connectivity index (χ2n) is 7.26. The van der Waals surface area contributed by atoms with Gasteiger partial charge in [0.05, 0.1) is 6.26 Å². The molecule has 3 aliphatic carbocycles. The summed E-state index contributed by atoms with van der Waals surface area (Å²) in [6, 6.07) is 3.91. The third-order valence-corrected chi connectivity index (χ3v) is 5.69. The Balaban J connectivity index is 1.50. The van der Waals surface area contributed by atoms with Gasteiger partial charge in [-0.2, -0.15) is 0 Å². The minimum absolute atomic E-state index is 0.0171. The van der Waals surface area contributed by atoms with Crippen molar-refractivity contribution in [3.63, 3.8) is 0 Å². The zero-order valence-corrected chi connectivity index (χ0v) is 14.7. The first kappa shape index (κ1) is 16.1. The fraction of sp³-hybridized carbons (Fsp3) is 0.348. The highest BCUT2D eigenvalue weighted by molar-refractivity contribution is 5.87. The maximum atomic E-state index is 13.0. The van der Waals surface area contributed by atoms with Gasteiger partial charge >= 0.3 is 0 Å². The van der Waals surface area contributed by atoms with Crippen molar-refractivity contribution in [2.24, 2.45) is 17.8 Å². The lowest BCUT2D eigenvalue weighted by atomic mass is 9.82. The number of carbonyl (C=O) groups is 1. The maximum absolute atomic E-state index is 13.0. The van der Waals surface area contributed by atoms with Crippen LogP contribution in [0, 0.1) is 17.8 Å². The summed E-state index contributed by atoms with van der Waals surface area (Å²) in [6.07, 6.45) is 20.2. The van der Waals surface area contributed by atoms with Crippen molar-refractivity contribution >= 4 is 11.4 Å². The third-order valence-electron chi connectivity index (χ3n) is 5.69. The molecule has 2 nitrogen and oxygen atoms in total. The molecule has 0 saturated heterocycles. The average Bonchev–Trinajstić information content (AvgIpc) is 3.38. The smallest absolute Gasteiger partial charge is 0.140 e. The Hall–Kier alpha value is -2.35. The molecule has 0 spiro atoms. The summed E-state index contributed by atoms with van der Waals surface area (Å²) >= 11 is 0. The Labute approximate surface area is 149 Å². The lowest BCUT2D eigenvalue weighted by molar-refractivity contribution is -0.122. The summed E-state index contributed by atoms with van der Waals surface area (Å²) in [5.41, 5.74) is 3.93. The summed E-state index contributed by atoms with van der Waals surface area (Å²) < 4.78 is 5.58. The van der Waals surface area contributed by atoms with Crippen molar-refractivity contribution in [3.8, 4) is 0 Å². The molecule has 3 aliphatic rings. The van der Waals surface area contributed by atoms with Gasteiger partial charge in [-0.3, -0.25) is 4.79 Å². The molecule has 1 aromatic rings. The minimum Gasteiger partial charge on any atom is -0.465 e. The Morgan fingerprint density at radius 2 is 2.20 bits per heavy atom. The largest absolute Gasteiger partial charge is 0.465 e. The van der Waals surface area contributed by atoms with E-state index in [1.807, 2.05) is 12.1 Å². The van der Waals surface area contributed by atoms with E-state index in [1.165, 1.54) is 16.7 Å². The number of furan rings is 1. The van der Waals surface area contributed by atoms with Crippen LogP contribution in [0.2, 0.25) is 0 Å². The van der Waals surface area contributed by atoms with Gasteiger partial charge in [0.25, 0.3) is 0 Å². The number of hydrogen-bond donors (Lipinski definition) is 0. The van der Waals surface area contributed by atoms with Crippen LogP contribution in [0.1, 0.15) is 38.4 Å². The highest BCUT2D eigenvalue weighted by atomic mass is 16.3. The lowest BCUT2D eigenvalue weighted by Crippen LogP contribution is -2.20. The number of carbonyl (C=O) groups excluding carboxylic acids is 1. The number of allylic oxidation sites excluding steroid dienone is 10. The van der Waals surface area contributed by atoms with Gasteiger partial charge in [0, 0.05) is 12.3 Å². The van der Waals surface area contributed by atoms with E-state index < -0.39 is 0 Å². The second-order valence-corrected chi connectivity index (χ2v) is 7.26. The molecule has 1 heterocycles. The van der Waals surface area contributed by atoms with E-state index in [1.54, 1.807) is 6.26 Å². The lowest BCUT2D eigenvalue weighted by Gasteiger charge is -2.20. The molecule has 1 aromatic heterocycles. The summed E-state index contributed by atoms with van der Waals surface area (Å²) in [5, 5.41) is 0. The molecule has 0 aliphatic heterocycles. The van der Waals surface area contributed by atoms with Crippen LogP contribution in [-0.4, -0.2) is 5.78 Å². The predicted molar refractivity (Wildman–Crippen MR) is 101 cm³/mol. The van der Waals surface area contributed by atoms with Crippen LogP contribution in [0.4, 0.5) is 0 Å². The average molecular weight is 332 g/mol. The van der Waals surface area contributed by atoms with E-state index >= 15 is 0 Å². The van der Waals surface area contributed by atoms with Gasteiger partial charge < -0.3 is 4.42 Å². The Kier molecular flexibility index (Phi) is 4.44. The fourth-order valence-electron chi connectivity index (χ4n) is 4.19. The van der Waals surface area contributed by atoms with E-state index in [4.69, 9.17) is 4.42 Å². The van der Waals surface area contributed by atoms with Gasteiger partial charge in [0.1, 0.15) is 11.5 Å². The third kappa shape index (κ3) is 3.26. The van der Waals surface area contributed by atoms with Gasteiger partial charge in [-0.15, -0.1) is 0 Å². The quantitative estimate of drug-likeness (QED) is 0.672. The molecule has 0 radical (unpaired) electrons. The van der Waals surface area contributed by atoms with Crippen molar-refractivity contribution in [2.45, 2.75) is 32.6 Å². The van der Waals surface area contributed by atoms with E-state index in [0.29, 0.717) is 18.1 Å². The minimum atomic E-state index is -0.0171. The van der Waals surface area contributed by atoms with Crippen molar-refractivity contribution in [1.29, 1.82) is 0 Å². The standard InChI is InChI=1S/C23H24O2/c1-16-6-4-9-17(16)11-12-22(24)21-15-19(23-10-5-13-25-23)14-20(21)18-7-2-3-8-18/h2-7,9-10,13,15-16,20-21H,8,11-12,14H2,1H3. The highest BCUT2D eigenvalue weighted by Gasteiger charge is 2.35. The fourth-order valence-corrected chi connectivity index (χ4v) is 4.19. The number of ketones is 1. The number of hydrogen-bond acceptors (Lipinski definition) is 2. The summed E-state index contributed by atoms with van der Waals surface area (Å²) in [5.74, 6) is 2.01. The van der Waals surface area contributed by atoms with Crippen LogP contribution in [0.3, 0.4) is 0 Å². The van der Waals surface area contributed by atoms with E-state index in [-0.39, 0.29) is 11.8 Å². The zero-order valence-electron chi connectivity index (χ0n) is 14.7. The van der Waals surface area contributed by atoms with Crippen molar-refractivity contribution in [1.82, 2.24) is 0 Å². The monoisotopic (exact) mass is 332 g/mol. The van der Waals surface area contributed by atoms with Crippen LogP contribution in [-0.2, 0) is 4.79 Å². The summed E-state index contributed by atoms with van der Waals surface area (Å²) in [4.78, 5) is 13.0. The molecular formula is C23H24O2. The van der Waals surface area contributed by atoms with E-state index in [9.17, 15) is 4.79 Å². The number of rotatable bonds is 6. The molecule has 128 valence electrons. The Morgan fingerprint density at radius 3 is 2.88 bits per heavy atom. The first-order chi connectivity index (χ1) is 12.2. The van der Waals surface area contributed by atoms with Crippen LogP contribution in [0.15, 0.2) is 76.5 Å². The summed E-state index contributed by atoms with van der Waals surface area (Å²) in [6.45, 7) is 2.20. The molecule has 0 N–H and O–H groups in total. The Morgan fingerprint density at radius 1 is 1.28 bits per heavy atom. The molecule has 3 unspecified atom stereocenters. The molecule has 0 bridgehead atoms. The highest BCUT2D eigenvalue weighted by Crippen LogP contribution is 2.43. The molecule has 0 fully saturated rings. The van der Waals surface area contributed by atoms with Gasteiger partial charge in [-0.25, -0.2) is 0 Å². The van der Waals surface area contributed by atoms with Gasteiger partial charge in [0.15, 0.2) is 0 Å². The van der Waals surface area contributed by atoms with Crippen LogP contribution in [0.25, 0.3) is 5.57 Å². The first-order valence-electron chi connectivity index (χ1n) is 9.22. The Bertz CT molecular complexity index is 799. The van der Waals surface area contributed by atoms with Crippen LogP contribution < -0.4 is 0 Å². The van der Waals surface area contributed by atoms with E-state index in [2.05, 4.69) is 49.5 Å². The zero-order chi connectivity index (χ0) is 17.2. The van der Waals surface area contributed by atoms with Crippen molar-refractivity contribution < 1.29 is 9.21 Å². The molecule has 25 heavy (non-hydrogen) atoms. The predicted octanol–water partition coefficient (Wildman–Crippen LogP) is 5.67. The molecule has 3 atom stereocenters. The molecule has 0 saturated carbocycles. The van der Waals surface area contributed by atoms with E-state index in [0.717, 1.165) is 25.0 Å². The topological polar surface area (TPSA) is 30.2 Å². The van der Waals surface area contributed by atoms with Gasteiger partial charge in [-0.05, 0) is 48.8 Å². The maximum Gasteiger partial charge on any atom is 0.140 e. The van der Waals surface area contributed by atoms with Gasteiger partial charge in [0.2, 0.25) is 0 Å². The normalized spacial score (nSPS) is 27.6. The molecule has 0 amide bonds. The molecule has 4 rings (SSSR count). The molecule has 0 aromatic carbocycles. The second kappa shape index (κ2) is 6.87. The molecular weight excluding hydrogens is 308 g/mol. The van der Waals surface area contributed by atoms with Crippen molar-refractivity contribution in [3.05, 3.63) is 77.8 Å². The van der Waals surface area contributed by atoms with Crippen LogP contribution in [0.5, 0.6) is 0 Å². The summed E-state index contributed by atoms with van der Waals surface area (Å²) in [7, 11) is 0. The molecule has 2 heteroatoms.